The molecule has 1 atom stereocenters. The molecule has 4 amide bonds. The number of hydrogen-bond acceptors (Lipinski definition) is 3. The summed E-state index contributed by atoms with van der Waals surface area (Å²) in [4.78, 5) is 39.2. The van der Waals surface area contributed by atoms with E-state index in [1.807, 2.05) is 61.5 Å². The van der Waals surface area contributed by atoms with Crippen LogP contribution in [-0.2, 0) is 16.9 Å². The lowest BCUT2D eigenvalue weighted by Crippen LogP contribution is -2.40. The summed E-state index contributed by atoms with van der Waals surface area (Å²) in [6, 6.07) is 23.2. The molecule has 1 aliphatic rings. The van der Waals surface area contributed by atoms with Gasteiger partial charge in [0.15, 0.2) is 0 Å². The maximum absolute atomic E-state index is 13.1. The predicted molar refractivity (Wildman–Crippen MR) is 118 cm³/mol. The number of hydrogen-bond donors (Lipinski definition) is 2. The van der Waals surface area contributed by atoms with Gasteiger partial charge in [0.05, 0.1) is 6.54 Å². The van der Waals surface area contributed by atoms with Crippen LogP contribution < -0.4 is 10.6 Å². The van der Waals surface area contributed by atoms with Crippen LogP contribution in [0, 0.1) is 6.92 Å². The summed E-state index contributed by atoms with van der Waals surface area (Å²) in [5, 5.41) is 5.65. The molecule has 0 aliphatic carbocycles. The van der Waals surface area contributed by atoms with Crippen molar-refractivity contribution in [2.24, 2.45) is 0 Å². The molecular weight excluding hydrogens is 390 g/mol. The van der Waals surface area contributed by atoms with Crippen molar-refractivity contribution in [2.45, 2.75) is 25.9 Å². The Morgan fingerprint density at radius 3 is 2.23 bits per heavy atom. The fourth-order valence-corrected chi connectivity index (χ4v) is 3.59. The minimum absolute atomic E-state index is 0.132. The maximum Gasteiger partial charge on any atom is 0.325 e. The Balaban J connectivity index is 1.46. The monoisotopic (exact) mass is 413 g/mol. The number of carbonyl (C=O) groups excluding carboxylic acids is 3. The normalized spacial score (nSPS) is 18.1. The lowest BCUT2D eigenvalue weighted by Gasteiger charge is -2.22. The Kier molecular flexibility index (Phi) is 5.29. The molecule has 6 heteroatoms. The summed E-state index contributed by atoms with van der Waals surface area (Å²) < 4.78 is 0. The first-order valence-corrected chi connectivity index (χ1v) is 10.0. The molecule has 4 rings (SSSR count). The molecule has 0 radical (unpaired) electrons. The Bertz CT molecular complexity index is 1120. The third-order valence-electron chi connectivity index (χ3n) is 5.49. The number of benzene rings is 3. The number of aryl methyl sites for hydroxylation is 1. The lowest BCUT2D eigenvalue weighted by molar-refractivity contribution is -0.131. The van der Waals surface area contributed by atoms with Gasteiger partial charge in [-0.1, -0.05) is 60.2 Å². The number of para-hydroxylation sites is 1. The lowest BCUT2D eigenvalue weighted by atomic mass is 9.91. The van der Waals surface area contributed by atoms with Crippen molar-refractivity contribution in [3.05, 3.63) is 101 Å². The number of urea groups is 1. The van der Waals surface area contributed by atoms with E-state index in [-0.39, 0.29) is 18.4 Å². The molecule has 1 heterocycles. The molecule has 0 saturated carbocycles. The second-order valence-corrected chi connectivity index (χ2v) is 7.83. The van der Waals surface area contributed by atoms with Gasteiger partial charge in [0.2, 0.25) is 0 Å². The van der Waals surface area contributed by atoms with Gasteiger partial charge in [-0.3, -0.25) is 14.5 Å². The SMILES string of the molecule is Cc1ccc(C2(C)NC(=O)N(Cc3ccc(C(=O)Nc4ccccc4)cc3)C2=O)cc1. The predicted octanol–water partition coefficient (Wildman–Crippen LogP) is 4.21. The second-order valence-electron chi connectivity index (χ2n) is 7.83. The Morgan fingerprint density at radius 1 is 0.935 bits per heavy atom. The molecule has 31 heavy (non-hydrogen) atoms. The molecule has 156 valence electrons. The average molecular weight is 413 g/mol. The van der Waals surface area contributed by atoms with Gasteiger partial charge in [0.1, 0.15) is 5.54 Å². The molecule has 1 aliphatic heterocycles. The van der Waals surface area contributed by atoms with Crippen LogP contribution in [0.4, 0.5) is 10.5 Å². The van der Waals surface area contributed by atoms with Crippen molar-refractivity contribution >= 4 is 23.5 Å². The highest BCUT2D eigenvalue weighted by Gasteiger charge is 2.48. The summed E-state index contributed by atoms with van der Waals surface area (Å²) in [5.74, 6) is -0.521. The standard InChI is InChI=1S/C25H23N3O3/c1-17-8-14-20(15-9-17)25(2)23(30)28(24(31)27-25)16-18-10-12-19(13-11-18)22(29)26-21-6-4-3-5-7-21/h3-15H,16H2,1-2H3,(H,26,29)(H,27,31). The molecule has 0 bridgehead atoms. The number of anilines is 1. The van der Waals surface area contributed by atoms with Gasteiger partial charge in [0, 0.05) is 11.3 Å². The Morgan fingerprint density at radius 2 is 1.58 bits per heavy atom. The van der Waals surface area contributed by atoms with Crippen LogP contribution in [-0.4, -0.2) is 22.7 Å². The van der Waals surface area contributed by atoms with E-state index in [9.17, 15) is 14.4 Å². The van der Waals surface area contributed by atoms with Crippen LogP contribution in [0.15, 0.2) is 78.9 Å². The van der Waals surface area contributed by atoms with Crippen LogP contribution in [0.3, 0.4) is 0 Å². The number of imide groups is 1. The zero-order valence-electron chi connectivity index (χ0n) is 17.4. The quantitative estimate of drug-likeness (QED) is 0.615. The van der Waals surface area contributed by atoms with E-state index < -0.39 is 11.6 Å². The van der Waals surface area contributed by atoms with Crippen molar-refractivity contribution in [3.63, 3.8) is 0 Å². The molecule has 0 aromatic heterocycles. The zero-order valence-corrected chi connectivity index (χ0v) is 17.4. The summed E-state index contributed by atoms with van der Waals surface area (Å²) in [6.07, 6.45) is 0. The van der Waals surface area contributed by atoms with Gasteiger partial charge in [-0.25, -0.2) is 4.79 Å². The first kappa shape index (κ1) is 20.3. The maximum atomic E-state index is 13.1. The fourth-order valence-electron chi connectivity index (χ4n) is 3.59. The summed E-state index contributed by atoms with van der Waals surface area (Å²) in [6.45, 7) is 3.82. The van der Waals surface area contributed by atoms with Gasteiger partial charge in [-0.15, -0.1) is 0 Å². The number of carbonyl (C=O) groups is 3. The van der Waals surface area contributed by atoms with Crippen molar-refractivity contribution in [3.8, 4) is 0 Å². The molecule has 1 fully saturated rings. The third kappa shape index (κ3) is 4.05. The molecule has 2 N–H and O–H groups in total. The molecule has 3 aromatic carbocycles. The van der Waals surface area contributed by atoms with Gasteiger partial charge in [0.25, 0.3) is 11.8 Å². The molecule has 1 saturated heterocycles. The van der Waals surface area contributed by atoms with E-state index in [1.165, 1.54) is 4.90 Å². The first-order chi connectivity index (χ1) is 14.9. The summed E-state index contributed by atoms with van der Waals surface area (Å²) in [5.41, 5.74) is 2.69. The number of nitrogens with zero attached hydrogens (tertiary/aromatic N) is 1. The van der Waals surface area contributed by atoms with Gasteiger partial charge < -0.3 is 10.6 Å². The van der Waals surface area contributed by atoms with Crippen LogP contribution >= 0.6 is 0 Å². The third-order valence-corrected chi connectivity index (χ3v) is 5.49. The van der Waals surface area contributed by atoms with E-state index in [0.29, 0.717) is 11.3 Å². The van der Waals surface area contributed by atoms with E-state index >= 15 is 0 Å². The number of amides is 4. The van der Waals surface area contributed by atoms with Crippen LogP contribution in [0.2, 0.25) is 0 Å². The van der Waals surface area contributed by atoms with Crippen LogP contribution in [0.25, 0.3) is 0 Å². The topological polar surface area (TPSA) is 78.5 Å². The highest BCUT2D eigenvalue weighted by atomic mass is 16.2. The molecule has 1 unspecified atom stereocenters. The van der Waals surface area contributed by atoms with Gasteiger partial charge >= 0.3 is 6.03 Å². The second kappa shape index (κ2) is 8.07. The van der Waals surface area contributed by atoms with Crippen LogP contribution in [0.5, 0.6) is 0 Å². The summed E-state index contributed by atoms with van der Waals surface area (Å²) >= 11 is 0. The molecule has 3 aromatic rings. The fraction of sp³-hybridized carbons (Fsp3) is 0.160. The van der Waals surface area contributed by atoms with E-state index in [2.05, 4.69) is 10.6 Å². The minimum atomic E-state index is -1.10. The van der Waals surface area contributed by atoms with Crippen molar-refractivity contribution in [1.82, 2.24) is 10.2 Å². The van der Waals surface area contributed by atoms with Gasteiger partial charge in [-0.05, 0) is 49.2 Å². The van der Waals surface area contributed by atoms with E-state index in [1.54, 1.807) is 31.2 Å². The largest absolute Gasteiger partial charge is 0.325 e. The molecule has 0 spiro atoms. The zero-order chi connectivity index (χ0) is 22.0. The average Bonchev–Trinajstić information content (AvgIpc) is 2.99. The van der Waals surface area contributed by atoms with Crippen molar-refractivity contribution < 1.29 is 14.4 Å². The smallest absolute Gasteiger partial charge is 0.322 e. The Hall–Kier alpha value is -3.93. The first-order valence-electron chi connectivity index (χ1n) is 10.0. The molecular formula is C25H23N3O3. The molecule has 6 nitrogen and oxygen atoms in total. The van der Waals surface area contributed by atoms with E-state index in [4.69, 9.17) is 0 Å². The highest BCUT2D eigenvalue weighted by Crippen LogP contribution is 2.30. The van der Waals surface area contributed by atoms with E-state index in [0.717, 1.165) is 16.7 Å². The minimum Gasteiger partial charge on any atom is -0.322 e. The highest BCUT2D eigenvalue weighted by molar-refractivity contribution is 6.07. The number of nitrogens with one attached hydrogen (secondary N) is 2. The van der Waals surface area contributed by atoms with Crippen LogP contribution in [0.1, 0.15) is 34.0 Å². The van der Waals surface area contributed by atoms with Crippen molar-refractivity contribution in [2.75, 3.05) is 5.32 Å². The Labute approximate surface area is 180 Å². The van der Waals surface area contributed by atoms with Crippen molar-refractivity contribution in [1.29, 1.82) is 0 Å². The number of rotatable bonds is 5. The summed E-state index contributed by atoms with van der Waals surface area (Å²) in [7, 11) is 0. The van der Waals surface area contributed by atoms with Gasteiger partial charge in [-0.2, -0.15) is 0 Å².